The number of nitrogens with zero attached hydrogens (tertiary/aromatic N) is 6. The van der Waals surface area contributed by atoms with Gasteiger partial charge in [-0.15, -0.1) is 0 Å². The van der Waals surface area contributed by atoms with Crippen LogP contribution in [0.1, 0.15) is 102 Å². The molecule has 0 amide bonds. The SMILES string of the molecule is CC(C)C1=Nc2ccccc2C1.CC(C)c1nc2ccccc2n1-c1ccccc1.CC(C)c1nc2ccccc2n1Cc1ccccc1.CC(C)c1nc2ccccc2o1. The molecule has 7 heteroatoms. The van der Waals surface area contributed by atoms with Crippen molar-refractivity contribution < 1.29 is 4.42 Å². The second-order valence-electron chi connectivity index (χ2n) is 16.7. The molecule has 6 aromatic carbocycles. The van der Waals surface area contributed by atoms with Crippen LogP contribution in [-0.2, 0) is 13.0 Å². The summed E-state index contributed by atoms with van der Waals surface area (Å²) < 4.78 is 10.1. The third-order valence-corrected chi connectivity index (χ3v) is 10.6. The minimum Gasteiger partial charge on any atom is -0.440 e. The normalized spacial score (nSPS) is 12.0. The maximum atomic E-state index is 5.52. The van der Waals surface area contributed by atoms with E-state index in [0.717, 1.165) is 52.6 Å². The Bertz CT molecular complexity index is 2790. The van der Waals surface area contributed by atoms with E-state index in [2.05, 4.69) is 184 Å². The zero-order valence-electron chi connectivity index (χ0n) is 36.8. The number of fused-ring (bicyclic) bond motifs is 4. The van der Waals surface area contributed by atoms with E-state index in [0.29, 0.717) is 23.7 Å². The number of hydrogen-bond donors (Lipinski definition) is 0. The minimum absolute atomic E-state index is 0.359. The number of aliphatic imine (C=N–C) groups is 1. The van der Waals surface area contributed by atoms with Crippen molar-refractivity contribution >= 4 is 44.6 Å². The van der Waals surface area contributed by atoms with E-state index in [1.165, 1.54) is 39.2 Å². The highest BCUT2D eigenvalue weighted by Crippen LogP contribution is 2.29. The predicted octanol–water partition coefficient (Wildman–Crippen LogP) is 14.3. The molecule has 4 heterocycles. The largest absolute Gasteiger partial charge is 0.440 e. The third-order valence-electron chi connectivity index (χ3n) is 10.6. The van der Waals surface area contributed by atoms with Crippen molar-refractivity contribution in [3.8, 4) is 5.69 Å². The summed E-state index contributed by atoms with van der Waals surface area (Å²) in [6.45, 7) is 18.2. The van der Waals surface area contributed by atoms with E-state index in [1.54, 1.807) is 0 Å². The fourth-order valence-electron chi connectivity index (χ4n) is 7.38. The van der Waals surface area contributed by atoms with Gasteiger partial charge in [-0.05, 0) is 71.6 Å². The van der Waals surface area contributed by atoms with E-state index in [4.69, 9.17) is 14.4 Å². The van der Waals surface area contributed by atoms with Crippen molar-refractivity contribution in [2.75, 3.05) is 0 Å². The van der Waals surface area contributed by atoms with Crippen LogP contribution in [0.3, 0.4) is 0 Å². The van der Waals surface area contributed by atoms with Crippen molar-refractivity contribution in [3.63, 3.8) is 0 Å². The molecule has 0 unspecified atom stereocenters. The van der Waals surface area contributed by atoms with Gasteiger partial charge in [-0.2, -0.15) is 0 Å². The molecular formula is C54H58N6O. The molecule has 1 aliphatic heterocycles. The molecule has 0 fully saturated rings. The Balaban J connectivity index is 0.000000125. The lowest BCUT2D eigenvalue weighted by Crippen LogP contribution is -2.06. The van der Waals surface area contributed by atoms with Gasteiger partial charge in [0.15, 0.2) is 11.5 Å². The van der Waals surface area contributed by atoms with Crippen molar-refractivity contribution in [1.82, 2.24) is 24.1 Å². The summed E-state index contributed by atoms with van der Waals surface area (Å²) in [6, 6.07) is 53.8. The minimum atomic E-state index is 0.359. The summed E-state index contributed by atoms with van der Waals surface area (Å²) in [6.07, 6.45) is 1.05. The van der Waals surface area contributed by atoms with Crippen LogP contribution >= 0.6 is 0 Å². The number of hydrogen-bond acceptors (Lipinski definition) is 5. The number of aromatic nitrogens is 5. The lowest BCUT2D eigenvalue weighted by molar-refractivity contribution is 0.501. The number of oxazole rings is 1. The first-order valence-corrected chi connectivity index (χ1v) is 21.6. The maximum absolute atomic E-state index is 5.52. The smallest absolute Gasteiger partial charge is 0.198 e. The van der Waals surface area contributed by atoms with Crippen molar-refractivity contribution in [1.29, 1.82) is 0 Å². The van der Waals surface area contributed by atoms with E-state index >= 15 is 0 Å². The maximum Gasteiger partial charge on any atom is 0.198 e. The Morgan fingerprint density at radius 3 is 1.66 bits per heavy atom. The molecule has 0 N–H and O–H groups in total. The molecule has 7 nitrogen and oxygen atoms in total. The molecule has 310 valence electrons. The Morgan fingerprint density at radius 1 is 0.492 bits per heavy atom. The molecule has 1 aliphatic rings. The fourth-order valence-corrected chi connectivity index (χ4v) is 7.38. The third kappa shape index (κ3) is 10.2. The molecule has 0 radical (unpaired) electrons. The Labute approximate surface area is 360 Å². The van der Waals surface area contributed by atoms with Gasteiger partial charge in [0.25, 0.3) is 0 Å². The molecule has 0 saturated heterocycles. The topological polar surface area (TPSA) is 74.0 Å². The van der Waals surface area contributed by atoms with Crippen molar-refractivity contribution in [3.05, 3.63) is 186 Å². The molecule has 0 aliphatic carbocycles. The summed E-state index contributed by atoms with van der Waals surface area (Å²) in [5.74, 6) is 4.85. The fraction of sp³-hybridized carbons (Fsp3) is 0.259. The second kappa shape index (κ2) is 19.6. The molecular weight excluding hydrogens is 749 g/mol. The summed E-state index contributed by atoms with van der Waals surface area (Å²) in [7, 11) is 0. The van der Waals surface area contributed by atoms with Crippen LogP contribution in [0.4, 0.5) is 5.69 Å². The number of para-hydroxylation sites is 8. The van der Waals surface area contributed by atoms with Crippen LogP contribution in [0.2, 0.25) is 0 Å². The lowest BCUT2D eigenvalue weighted by atomic mass is 10.0. The van der Waals surface area contributed by atoms with Gasteiger partial charge in [0, 0.05) is 42.1 Å². The first kappa shape index (κ1) is 42.5. The van der Waals surface area contributed by atoms with Crippen LogP contribution in [-0.4, -0.2) is 29.8 Å². The second-order valence-corrected chi connectivity index (χ2v) is 16.7. The van der Waals surface area contributed by atoms with Crippen molar-refractivity contribution in [2.45, 2.75) is 86.1 Å². The van der Waals surface area contributed by atoms with Gasteiger partial charge in [-0.1, -0.05) is 159 Å². The van der Waals surface area contributed by atoms with Gasteiger partial charge in [-0.25, -0.2) is 15.0 Å². The van der Waals surface area contributed by atoms with Crippen LogP contribution in [0.15, 0.2) is 167 Å². The number of rotatable bonds is 7. The Kier molecular flexibility index (Phi) is 13.7. The van der Waals surface area contributed by atoms with Crippen LogP contribution in [0, 0.1) is 5.92 Å². The van der Waals surface area contributed by atoms with E-state index < -0.39 is 0 Å². The average molecular weight is 807 g/mol. The highest BCUT2D eigenvalue weighted by molar-refractivity contribution is 5.95. The molecule has 0 bridgehead atoms. The van der Waals surface area contributed by atoms with E-state index in [1.807, 2.05) is 48.5 Å². The molecule has 0 saturated carbocycles. The van der Waals surface area contributed by atoms with Gasteiger partial charge in [0.05, 0.1) is 27.8 Å². The summed E-state index contributed by atoms with van der Waals surface area (Å²) in [4.78, 5) is 18.4. The zero-order valence-corrected chi connectivity index (χ0v) is 36.8. The molecule has 0 atom stereocenters. The first-order valence-electron chi connectivity index (χ1n) is 21.6. The monoisotopic (exact) mass is 806 g/mol. The Morgan fingerprint density at radius 2 is 1.03 bits per heavy atom. The highest BCUT2D eigenvalue weighted by atomic mass is 16.3. The zero-order chi connectivity index (χ0) is 42.9. The van der Waals surface area contributed by atoms with Gasteiger partial charge in [-0.3, -0.25) is 9.56 Å². The van der Waals surface area contributed by atoms with Crippen molar-refractivity contribution in [2.24, 2.45) is 10.9 Å². The predicted molar refractivity (Wildman–Crippen MR) is 255 cm³/mol. The quantitative estimate of drug-likeness (QED) is 0.161. The average Bonchev–Trinajstić information content (AvgIpc) is 4.08. The molecule has 9 aromatic rings. The lowest BCUT2D eigenvalue weighted by Gasteiger charge is -2.11. The van der Waals surface area contributed by atoms with Gasteiger partial charge >= 0.3 is 0 Å². The van der Waals surface area contributed by atoms with Crippen LogP contribution in [0.25, 0.3) is 38.9 Å². The molecule has 3 aromatic heterocycles. The Hall–Kier alpha value is -6.60. The number of benzene rings is 6. The summed E-state index contributed by atoms with van der Waals surface area (Å²) >= 11 is 0. The molecule has 10 rings (SSSR count). The van der Waals surface area contributed by atoms with Gasteiger partial charge in [0.1, 0.15) is 17.2 Å². The van der Waals surface area contributed by atoms with Crippen LogP contribution in [0.5, 0.6) is 0 Å². The highest BCUT2D eigenvalue weighted by Gasteiger charge is 2.17. The summed E-state index contributed by atoms with van der Waals surface area (Å²) in [5, 5.41) is 0. The van der Waals surface area contributed by atoms with E-state index in [9.17, 15) is 0 Å². The van der Waals surface area contributed by atoms with Gasteiger partial charge < -0.3 is 8.98 Å². The molecule has 61 heavy (non-hydrogen) atoms. The standard InChI is InChI=1S/C17H18N2.C16H16N2.C11H13N.C10H11NO/c1-13(2)17-18-15-10-6-7-11-16(15)19(17)12-14-8-4-3-5-9-14;1-12(2)16-17-14-10-6-7-11-15(14)18(16)13-8-4-3-5-9-13;1-8(2)11-7-9-5-3-4-6-10(9)12-11;1-7(2)10-11-8-5-3-4-6-9(8)12-10/h3-11,13H,12H2,1-2H3;3-12H,1-2H3;3-6,8H,7H2,1-2H3;3-7H,1-2H3. The van der Waals surface area contributed by atoms with Gasteiger partial charge in [0.2, 0.25) is 0 Å². The number of imidazole rings is 2. The first-order chi connectivity index (χ1) is 29.6. The van der Waals surface area contributed by atoms with Crippen LogP contribution < -0.4 is 0 Å². The summed E-state index contributed by atoms with van der Waals surface area (Å²) in [5.41, 5.74) is 12.7. The molecule has 0 spiro atoms. The van der Waals surface area contributed by atoms with E-state index in [-0.39, 0.29) is 0 Å².